The van der Waals surface area contributed by atoms with Gasteiger partial charge in [0.2, 0.25) is 0 Å². The first-order valence-electron chi connectivity index (χ1n) is 16.2. The van der Waals surface area contributed by atoms with Crippen LogP contribution in [0.5, 0.6) is 0 Å². The number of benzene rings is 4. The van der Waals surface area contributed by atoms with E-state index in [1.54, 1.807) is 5.57 Å². The standard InChI is InChI=1S/C42H41N/c1-4-12-34-28(3)19-26-40(43-39(34)5-2)30-21-23-31(24-22-30)41-35-15-8-10-17-37(35)42(38-18-11-9-16-36(38)41)33-25-20-29-13-6-7-14-32(29)27-33/h6-11,13-18,20-25,27-28,35,41H,4-5,12,19,26H2,1-3H3. The lowest BCUT2D eigenvalue weighted by molar-refractivity contribution is 0.596. The predicted molar refractivity (Wildman–Crippen MR) is 184 cm³/mol. The Balaban J connectivity index is 1.30. The summed E-state index contributed by atoms with van der Waals surface area (Å²) in [7, 11) is 0. The number of allylic oxidation sites excluding steroid dienone is 7. The van der Waals surface area contributed by atoms with Crippen molar-refractivity contribution in [3.63, 3.8) is 0 Å². The summed E-state index contributed by atoms with van der Waals surface area (Å²) in [6, 6.07) is 34.1. The van der Waals surface area contributed by atoms with Crippen LogP contribution in [-0.4, -0.2) is 5.71 Å². The Bertz CT molecular complexity index is 1820. The van der Waals surface area contributed by atoms with Crippen LogP contribution in [0.1, 0.15) is 86.6 Å². The van der Waals surface area contributed by atoms with Gasteiger partial charge < -0.3 is 0 Å². The lowest BCUT2D eigenvalue weighted by Crippen LogP contribution is -2.23. The second-order valence-corrected chi connectivity index (χ2v) is 12.4. The molecule has 0 amide bonds. The molecular weight excluding hydrogens is 518 g/mol. The summed E-state index contributed by atoms with van der Waals surface area (Å²) in [6.45, 7) is 6.94. The minimum atomic E-state index is 0.268. The van der Waals surface area contributed by atoms with Crippen molar-refractivity contribution in [2.45, 2.75) is 58.8 Å². The summed E-state index contributed by atoms with van der Waals surface area (Å²) in [4.78, 5) is 5.29. The van der Waals surface area contributed by atoms with Crippen LogP contribution in [0.2, 0.25) is 0 Å². The van der Waals surface area contributed by atoms with E-state index < -0.39 is 0 Å². The molecular formula is C42H41N. The monoisotopic (exact) mass is 559 g/mol. The zero-order valence-electron chi connectivity index (χ0n) is 25.7. The van der Waals surface area contributed by atoms with Gasteiger partial charge in [0.05, 0.1) is 0 Å². The molecule has 0 radical (unpaired) electrons. The summed E-state index contributed by atoms with van der Waals surface area (Å²) >= 11 is 0. The summed E-state index contributed by atoms with van der Waals surface area (Å²) in [5.74, 6) is 1.17. The van der Waals surface area contributed by atoms with E-state index >= 15 is 0 Å². The second kappa shape index (κ2) is 11.8. The Labute approximate surface area is 257 Å². The molecule has 4 aromatic carbocycles. The average Bonchev–Trinajstić information content (AvgIpc) is 3.22. The molecule has 214 valence electrons. The van der Waals surface area contributed by atoms with E-state index in [1.165, 1.54) is 80.4 Å². The minimum Gasteiger partial charge on any atom is -0.257 e. The number of hydrogen-bond acceptors (Lipinski definition) is 1. The van der Waals surface area contributed by atoms with Gasteiger partial charge in [0.15, 0.2) is 0 Å². The molecule has 0 spiro atoms. The fourth-order valence-electron chi connectivity index (χ4n) is 7.66. The molecule has 4 aromatic rings. The lowest BCUT2D eigenvalue weighted by atomic mass is 9.66. The third kappa shape index (κ3) is 5.06. The van der Waals surface area contributed by atoms with Gasteiger partial charge in [0.1, 0.15) is 0 Å². The van der Waals surface area contributed by atoms with Crippen LogP contribution in [-0.2, 0) is 0 Å². The third-order valence-corrected chi connectivity index (χ3v) is 9.82. The molecule has 2 aliphatic carbocycles. The summed E-state index contributed by atoms with van der Waals surface area (Å²) < 4.78 is 0. The van der Waals surface area contributed by atoms with Crippen LogP contribution in [0.3, 0.4) is 0 Å². The van der Waals surface area contributed by atoms with E-state index in [2.05, 4.69) is 136 Å². The molecule has 3 unspecified atom stereocenters. The van der Waals surface area contributed by atoms with Gasteiger partial charge in [-0.05, 0) is 93.0 Å². The van der Waals surface area contributed by atoms with Gasteiger partial charge in [-0.2, -0.15) is 0 Å². The fraction of sp³-hybridized carbons (Fsp3) is 0.262. The van der Waals surface area contributed by atoms with Crippen molar-refractivity contribution in [3.8, 4) is 0 Å². The highest BCUT2D eigenvalue weighted by molar-refractivity contribution is 6.01. The van der Waals surface area contributed by atoms with Crippen LogP contribution < -0.4 is 0 Å². The van der Waals surface area contributed by atoms with E-state index in [1.807, 2.05) is 0 Å². The number of aliphatic imine (C=N–C) groups is 1. The van der Waals surface area contributed by atoms with Crippen LogP contribution >= 0.6 is 0 Å². The molecule has 0 saturated carbocycles. The quantitative estimate of drug-likeness (QED) is 0.223. The Kier molecular flexibility index (Phi) is 7.58. The Morgan fingerprint density at radius 1 is 0.791 bits per heavy atom. The molecule has 43 heavy (non-hydrogen) atoms. The molecule has 1 nitrogen and oxygen atoms in total. The lowest BCUT2D eigenvalue weighted by Gasteiger charge is -2.37. The molecule has 0 N–H and O–H groups in total. The van der Waals surface area contributed by atoms with Crippen LogP contribution in [0, 0.1) is 11.8 Å². The van der Waals surface area contributed by atoms with Gasteiger partial charge in [0, 0.05) is 23.2 Å². The van der Waals surface area contributed by atoms with Crippen LogP contribution in [0.4, 0.5) is 0 Å². The second-order valence-electron chi connectivity index (χ2n) is 12.4. The van der Waals surface area contributed by atoms with Crippen molar-refractivity contribution in [1.29, 1.82) is 0 Å². The molecule has 0 bridgehead atoms. The highest BCUT2D eigenvalue weighted by Gasteiger charge is 2.35. The maximum absolute atomic E-state index is 5.29. The van der Waals surface area contributed by atoms with Crippen molar-refractivity contribution in [1.82, 2.24) is 0 Å². The van der Waals surface area contributed by atoms with Gasteiger partial charge in [-0.25, -0.2) is 0 Å². The number of rotatable bonds is 6. The zero-order chi connectivity index (χ0) is 29.3. The first kappa shape index (κ1) is 27.6. The summed E-state index contributed by atoms with van der Waals surface area (Å²) in [5.41, 5.74) is 13.6. The van der Waals surface area contributed by atoms with E-state index in [4.69, 9.17) is 4.99 Å². The largest absolute Gasteiger partial charge is 0.257 e. The van der Waals surface area contributed by atoms with Gasteiger partial charge in [0.25, 0.3) is 0 Å². The molecule has 1 heterocycles. The SMILES string of the molecule is CCCC1=C(CC)N=C(c2ccc(C3c4ccccc4C(c4ccc5ccccc5c4)=C4C=CC=CC43)cc2)CCC1C. The van der Waals surface area contributed by atoms with Gasteiger partial charge in [-0.3, -0.25) is 4.99 Å². The third-order valence-electron chi connectivity index (χ3n) is 9.82. The Morgan fingerprint density at radius 2 is 1.56 bits per heavy atom. The first-order chi connectivity index (χ1) is 21.2. The minimum absolute atomic E-state index is 0.268. The van der Waals surface area contributed by atoms with Gasteiger partial charge in [-0.1, -0.05) is 136 Å². The summed E-state index contributed by atoms with van der Waals surface area (Å²) in [5, 5.41) is 2.57. The molecule has 3 aliphatic rings. The van der Waals surface area contributed by atoms with Crippen molar-refractivity contribution in [2.24, 2.45) is 16.8 Å². The molecule has 0 saturated heterocycles. The van der Waals surface area contributed by atoms with E-state index in [0.29, 0.717) is 5.92 Å². The van der Waals surface area contributed by atoms with Crippen molar-refractivity contribution in [2.75, 3.05) is 0 Å². The van der Waals surface area contributed by atoms with Crippen molar-refractivity contribution >= 4 is 22.1 Å². The highest BCUT2D eigenvalue weighted by Crippen LogP contribution is 2.50. The Hall–Kier alpha value is -4.23. The van der Waals surface area contributed by atoms with Crippen molar-refractivity contribution < 1.29 is 0 Å². The normalized spacial score (nSPS) is 21.5. The number of nitrogens with zero attached hydrogens (tertiary/aromatic N) is 1. The van der Waals surface area contributed by atoms with E-state index in [9.17, 15) is 0 Å². The maximum atomic E-state index is 5.29. The molecule has 0 fully saturated rings. The predicted octanol–water partition coefficient (Wildman–Crippen LogP) is 11.2. The molecule has 1 aliphatic heterocycles. The van der Waals surface area contributed by atoms with Crippen molar-refractivity contribution in [3.05, 3.63) is 160 Å². The van der Waals surface area contributed by atoms with Crippen LogP contribution in [0.15, 0.2) is 137 Å². The molecule has 3 atom stereocenters. The average molecular weight is 560 g/mol. The van der Waals surface area contributed by atoms with E-state index in [-0.39, 0.29) is 11.8 Å². The summed E-state index contributed by atoms with van der Waals surface area (Å²) in [6.07, 6.45) is 14.8. The number of hydrogen-bond donors (Lipinski definition) is 0. The smallest absolute Gasteiger partial charge is 0.0479 e. The van der Waals surface area contributed by atoms with Crippen LogP contribution in [0.25, 0.3) is 16.3 Å². The maximum Gasteiger partial charge on any atom is 0.0479 e. The van der Waals surface area contributed by atoms with E-state index in [0.717, 1.165) is 12.8 Å². The highest BCUT2D eigenvalue weighted by atomic mass is 14.8. The zero-order valence-corrected chi connectivity index (χ0v) is 25.7. The Morgan fingerprint density at radius 3 is 2.37 bits per heavy atom. The molecule has 1 heteroatoms. The first-order valence-corrected chi connectivity index (χ1v) is 16.2. The van der Waals surface area contributed by atoms with Gasteiger partial charge in [-0.15, -0.1) is 0 Å². The fourth-order valence-corrected chi connectivity index (χ4v) is 7.66. The molecule has 0 aromatic heterocycles. The number of fused-ring (bicyclic) bond motifs is 3. The van der Waals surface area contributed by atoms with Gasteiger partial charge >= 0.3 is 0 Å². The molecule has 7 rings (SSSR count). The topological polar surface area (TPSA) is 12.4 Å².